The summed E-state index contributed by atoms with van der Waals surface area (Å²) in [7, 11) is -2.84. The van der Waals surface area contributed by atoms with E-state index in [9.17, 15) is 0 Å². The lowest BCUT2D eigenvalue weighted by atomic mass is 10.5. The largest absolute Gasteiger partial charge is 0.521 e. The second kappa shape index (κ2) is 19.5. The van der Waals surface area contributed by atoms with E-state index in [0.717, 1.165) is 13.1 Å². The fourth-order valence-corrected chi connectivity index (χ4v) is 4.64. The molecule has 1 aromatic rings. The third-order valence-corrected chi connectivity index (χ3v) is 6.27. The number of hydrogen-bond donors (Lipinski definition) is 1. The van der Waals surface area contributed by atoms with E-state index in [2.05, 4.69) is 34.1 Å². The molecule has 1 rings (SSSR count). The molecule has 1 heterocycles. The van der Waals surface area contributed by atoms with Crippen LogP contribution in [0.2, 0.25) is 0 Å². The minimum atomic E-state index is -2.84. The third kappa shape index (κ3) is 11.0. The van der Waals surface area contributed by atoms with E-state index in [1.165, 1.54) is 0 Å². The number of hydrogen-bond acceptors (Lipinski definition) is 9. The molecule has 0 spiro atoms. The smallest absolute Gasteiger partial charge is 0.464 e. The van der Waals surface area contributed by atoms with E-state index >= 15 is 0 Å². The van der Waals surface area contributed by atoms with Gasteiger partial charge in [-0.15, -0.1) is 0 Å². The van der Waals surface area contributed by atoms with Gasteiger partial charge in [0.2, 0.25) is 11.9 Å². The SMILES string of the molecule is C.C.C.C.CCOc1nc(NC[Si](OCC)(OCC)OCC)nc(N(CC)CC)n1. The summed E-state index contributed by atoms with van der Waals surface area (Å²) in [5.41, 5.74) is 0. The first-order valence-corrected chi connectivity index (χ1v) is 11.3. The van der Waals surface area contributed by atoms with Crippen LogP contribution >= 0.6 is 0 Å². The highest BCUT2D eigenvalue weighted by atomic mass is 28.4. The second-order valence-electron chi connectivity index (χ2n) is 5.18. The summed E-state index contributed by atoms with van der Waals surface area (Å²) in [6.07, 6.45) is 0.371. The van der Waals surface area contributed by atoms with Crippen molar-refractivity contribution in [2.24, 2.45) is 0 Å². The molecule has 0 amide bonds. The van der Waals surface area contributed by atoms with E-state index in [4.69, 9.17) is 18.0 Å². The molecule has 9 nitrogen and oxygen atoms in total. The molecule has 0 aliphatic rings. The molecule has 0 atom stereocenters. The molecule has 1 N–H and O–H groups in total. The molecule has 0 bridgehead atoms. The molecule has 1 aromatic heterocycles. The summed E-state index contributed by atoms with van der Waals surface area (Å²) in [4.78, 5) is 15.3. The summed E-state index contributed by atoms with van der Waals surface area (Å²) in [6.45, 7) is 15.4. The van der Waals surface area contributed by atoms with Gasteiger partial charge in [-0.05, 0) is 41.5 Å². The van der Waals surface area contributed by atoms with Crippen LogP contribution in [0.1, 0.15) is 71.2 Å². The van der Waals surface area contributed by atoms with E-state index in [1.807, 2.05) is 32.6 Å². The van der Waals surface area contributed by atoms with Crippen LogP contribution < -0.4 is 15.0 Å². The van der Waals surface area contributed by atoms with E-state index in [1.54, 1.807) is 0 Å². The normalized spacial score (nSPS) is 9.93. The Hall–Kier alpha value is -1.49. The van der Waals surface area contributed by atoms with Crippen LogP contribution in [0.15, 0.2) is 0 Å². The van der Waals surface area contributed by atoms with Crippen LogP contribution in [-0.2, 0) is 13.3 Å². The number of aromatic nitrogens is 3. The summed E-state index contributed by atoms with van der Waals surface area (Å²) in [6, 6.07) is 0.295. The van der Waals surface area contributed by atoms with E-state index < -0.39 is 8.80 Å². The zero-order valence-corrected chi connectivity index (χ0v) is 17.9. The Morgan fingerprint density at radius 1 is 0.733 bits per heavy atom. The highest BCUT2D eigenvalue weighted by molar-refractivity contribution is 6.61. The summed E-state index contributed by atoms with van der Waals surface area (Å²) in [5.74, 6) is 0.994. The van der Waals surface area contributed by atoms with E-state index in [0.29, 0.717) is 50.5 Å². The fraction of sp³-hybridized carbons (Fsp3) is 0.850. The summed E-state index contributed by atoms with van der Waals surface area (Å²) >= 11 is 0. The Balaban J connectivity index is -0.000000845. The Morgan fingerprint density at radius 2 is 1.23 bits per heavy atom. The highest BCUT2D eigenvalue weighted by Crippen LogP contribution is 2.17. The van der Waals surface area contributed by atoms with Gasteiger partial charge in [0.1, 0.15) is 0 Å². The molecule has 0 aromatic carbocycles. The molecule has 0 saturated carbocycles. The molecular weight excluding hydrogens is 402 g/mol. The lowest BCUT2D eigenvalue weighted by Gasteiger charge is -2.28. The van der Waals surface area contributed by atoms with Crippen molar-refractivity contribution in [2.45, 2.75) is 71.2 Å². The van der Waals surface area contributed by atoms with Crippen LogP contribution in [0.3, 0.4) is 0 Å². The molecule has 0 saturated heterocycles. The molecule has 182 valence electrons. The predicted octanol–water partition coefficient (Wildman–Crippen LogP) is 4.66. The molecule has 0 aliphatic carbocycles. The lowest BCUT2D eigenvalue weighted by molar-refractivity contribution is 0.0740. The van der Waals surface area contributed by atoms with Gasteiger partial charge in [0.25, 0.3) is 0 Å². The van der Waals surface area contributed by atoms with Crippen molar-refractivity contribution in [2.75, 3.05) is 55.9 Å². The monoisotopic (exact) mass is 451 g/mol. The highest BCUT2D eigenvalue weighted by Gasteiger charge is 2.40. The number of nitrogens with zero attached hydrogens (tertiary/aromatic N) is 4. The predicted molar refractivity (Wildman–Crippen MR) is 131 cm³/mol. The summed E-state index contributed by atoms with van der Waals surface area (Å²) in [5, 5.41) is 3.20. The van der Waals surface area contributed by atoms with E-state index in [-0.39, 0.29) is 29.7 Å². The van der Waals surface area contributed by atoms with Gasteiger partial charge in [-0.25, -0.2) is 0 Å². The average Bonchev–Trinajstić information content (AvgIpc) is 2.62. The van der Waals surface area contributed by atoms with Crippen LogP contribution in [0, 0.1) is 0 Å². The molecule has 30 heavy (non-hydrogen) atoms. The molecular formula is C20H49N5O4Si. The van der Waals surface area contributed by atoms with Crippen molar-refractivity contribution in [3.63, 3.8) is 0 Å². The van der Waals surface area contributed by atoms with Crippen LogP contribution in [0.5, 0.6) is 6.01 Å². The molecule has 0 radical (unpaired) electrons. The van der Waals surface area contributed by atoms with Gasteiger partial charge in [0.15, 0.2) is 0 Å². The number of nitrogens with one attached hydrogen (secondary N) is 1. The number of rotatable bonds is 14. The van der Waals surface area contributed by atoms with Gasteiger partial charge in [-0.1, -0.05) is 29.7 Å². The Labute approximate surface area is 187 Å². The zero-order chi connectivity index (χ0) is 19.4. The maximum atomic E-state index is 5.85. The maximum absolute atomic E-state index is 5.85. The van der Waals surface area contributed by atoms with Crippen molar-refractivity contribution in [3.8, 4) is 6.01 Å². The van der Waals surface area contributed by atoms with Crippen LogP contribution in [0.4, 0.5) is 11.9 Å². The topological polar surface area (TPSA) is 90.9 Å². The van der Waals surface area contributed by atoms with Gasteiger partial charge in [-0.2, -0.15) is 15.0 Å². The first kappa shape index (κ1) is 35.9. The first-order chi connectivity index (χ1) is 12.6. The average molecular weight is 452 g/mol. The Kier molecular flexibility index (Phi) is 23.3. The number of ether oxygens (including phenoxy) is 1. The van der Waals surface area contributed by atoms with Gasteiger partial charge < -0.3 is 28.2 Å². The Bertz CT molecular complexity index is 505. The van der Waals surface area contributed by atoms with Crippen LogP contribution in [-0.4, -0.2) is 69.4 Å². The number of anilines is 2. The molecule has 0 aliphatic heterocycles. The zero-order valence-electron chi connectivity index (χ0n) is 16.9. The minimum Gasteiger partial charge on any atom is -0.464 e. The van der Waals surface area contributed by atoms with Crippen molar-refractivity contribution in [3.05, 3.63) is 0 Å². The van der Waals surface area contributed by atoms with Crippen molar-refractivity contribution in [1.82, 2.24) is 15.0 Å². The standard InChI is InChI=1S/C16H33N5O4Si.4CH4/c1-7-21(8-2)15-18-14(19-16(20-15)22-9-3)17-13-26(23-10-4,24-11-5)25-12-6;;;;/h7-13H2,1-6H3,(H,17,18,19,20);4*1H4. The molecule has 0 fully saturated rings. The maximum Gasteiger partial charge on any atom is 0.521 e. The lowest BCUT2D eigenvalue weighted by Crippen LogP contribution is -2.52. The van der Waals surface area contributed by atoms with Gasteiger partial charge in [-0.3, -0.25) is 0 Å². The van der Waals surface area contributed by atoms with Crippen molar-refractivity contribution in [1.29, 1.82) is 0 Å². The quantitative estimate of drug-likeness (QED) is 0.405. The van der Waals surface area contributed by atoms with Crippen molar-refractivity contribution < 1.29 is 18.0 Å². The third-order valence-electron chi connectivity index (χ3n) is 3.48. The van der Waals surface area contributed by atoms with Gasteiger partial charge in [0, 0.05) is 32.9 Å². The van der Waals surface area contributed by atoms with Gasteiger partial charge >= 0.3 is 14.8 Å². The second-order valence-corrected chi connectivity index (χ2v) is 7.77. The van der Waals surface area contributed by atoms with Crippen molar-refractivity contribution >= 4 is 20.7 Å². The molecule has 10 heteroatoms. The fourth-order valence-electron chi connectivity index (χ4n) is 2.39. The first-order valence-electron chi connectivity index (χ1n) is 9.37. The van der Waals surface area contributed by atoms with Gasteiger partial charge in [0.05, 0.1) is 12.8 Å². The Morgan fingerprint density at radius 3 is 1.63 bits per heavy atom. The summed E-state index contributed by atoms with van der Waals surface area (Å²) < 4.78 is 23.0. The molecule has 0 unspecified atom stereocenters. The minimum absolute atomic E-state index is 0. The van der Waals surface area contributed by atoms with Crippen LogP contribution in [0.25, 0.3) is 0 Å².